The number of nitrogens with one attached hydrogen (secondary N) is 1. The quantitative estimate of drug-likeness (QED) is 0.765. The van der Waals surface area contributed by atoms with Gasteiger partial charge in [-0.1, -0.05) is 6.07 Å². The first kappa shape index (κ1) is 11.9. The molecule has 2 aromatic heterocycles. The normalized spacial score (nSPS) is 10.9. The second-order valence-corrected chi connectivity index (χ2v) is 5.10. The van der Waals surface area contributed by atoms with Gasteiger partial charge in [0.25, 0.3) is 0 Å². The SMILES string of the molecule is O=C(O)CCc1nc2ccc(-c3ccsc3)cc2[nH]1. The Morgan fingerprint density at radius 3 is 2.95 bits per heavy atom. The van der Waals surface area contributed by atoms with Crippen molar-refractivity contribution in [1.29, 1.82) is 0 Å². The number of carboxylic acid groups (broad SMARTS) is 1. The first-order valence-corrected chi connectivity index (χ1v) is 6.89. The van der Waals surface area contributed by atoms with Crippen molar-refractivity contribution in [2.24, 2.45) is 0 Å². The van der Waals surface area contributed by atoms with Crippen LogP contribution in [0.15, 0.2) is 35.0 Å². The van der Waals surface area contributed by atoms with Gasteiger partial charge in [-0.3, -0.25) is 4.79 Å². The second kappa shape index (κ2) is 4.85. The van der Waals surface area contributed by atoms with Gasteiger partial charge in [-0.15, -0.1) is 0 Å². The van der Waals surface area contributed by atoms with Gasteiger partial charge in [0, 0.05) is 6.42 Å². The van der Waals surface area contributed by atoms with Crippen LogP contribution in [0.3, 0.4) is 0 Å². The lowest BCUT2D eigenvalue weighted by Gasteiger charge is -1.96. The summed E-state index contributed by atoms with van der Waals surface area (Å²) >= 11 is 1.67. The largest absolute Gasteiger partial charge is 0.481 e. The molecule has 0 atom stereocenters. The predicted octanol–water partition coefficient (Wildman–Crippen LogP) is 3.31. The van der Waals surface area contributed by atoms with Crippen molar-refractivity contribution in [3.8, 4) is 11.1 Å². The Kier molecular flexibility index (Phi) is 3.05. The van der Waals surface area contributed by atoms with Crippen LogP contribution < -0.4 is 0 Å². The molecule has 0 saturated heterocycles. The average molecular weight is 272 g/mol. The molecule has 0 unspecified atom stereocenters. The fraction of sp³-hybridized carbons (Fsp3) is 0.143. The average Bonchev–Trinajstić information content (AvgIpc) is 3.04. The van der Waals surface area contributed by atoms with E-state index >= 15 is 0 Å². The van der Waals surface area contributed by atoms with Crippen LogP contribution in [0.4, 0.5) is 0 Å². The second-order valence-electron chi connectivity index (χ2n) is 4.32. The van der Waals surface area contributed by atoms with E-state index in [4.69, 9.17) is 5.11 Å². The van der Waals surface area contributed by atoms with E-state index in [0.29, 0.717) is 6.42 Å². The van der Waals surface area contributed by atoms with E-state index in [9.17, 15) is 4.79 Å². The maximum Gasteiger partial charge on any atom is 0.303 e. The highest BCUT2D eigenvalue weighted by molar-refractivity contribution is 7.08. The fourth-order valence-corrected chi connectivity index (χ4v) is 2.68. The van der Waals surface area contributed by atoms with E-state index in [1.165, 1.54) is 5.56 Å². The molecule has 0 amide bonds. The van der Waals surface area contributed by atoms with Crippen LogP contribution in [0.2, 0.25) is 0 Å². The summed E-state index contributed by atoms with van der Waals surface area (Å²) in [7, 11) is 0. The van der Waals surface area contributed by atoms with E-state index in [1.807, 2.05) is 17.5 Å². The number of fused-ring (bicyclic) bond motifs is 1. The molecular formula is C14H12N2O2S. The summed E-state index contributed by atoms with van der Waals surface area (Å²) in [4.78, 5) is 18.1. The van der Waals surface area contributed by atoms with Crippen LogP contribution in [0.25, 0.3) is 22.2 Å². The van der Waals surface area contributed by atoms with E-state index in [1.54, 1.807) is 11.3 Å². The zero-order valence-corrected chi connectivity index (χ0v) is 10.9. The van der Waals surface area contributed by atoms with Gasteiger partial charge in [0.05, 0.1) is 17.5 Å². The molecule has 0 fully saturated rings. The third-order valence-corrected chi connectivity index (χ3v) is 3.64. The van der Waals surface area contributed by atoms with Crippen molar-refractivity contribution in [2.45, 2.75) is 12.8 Å². The predicted molar refractivity (Wildman–Crippen MR) is 75.4 cm³/mol. The van der Waals surface area contributed by atoms with Crippen LogP contribution in [0, 0.1) is 0 Å². The molecule has 5 heteroatoms. The van der Waals surface area contributed by atoms with Gasteiger partial charge in [0.1, 0.15) is 5.82 Å². The van der Waals surface area contributed by atoms with Crippen LogP contribution in [-0.4, -0.2) is 21.0 Å². The number of imidazole rings is 1. The zero-order chi connectivity index (χ0) is 13.2. The number of aryl methyl sites for hydroxylation is 1. The number of carbonyl (C=O) groups is 1. The number of hydrogen-bond acceptors (Lipinski definition) is 3. The van der Waals surface area contributed by atoms with Gasteiger partial charge in [-0.2, -0.15) is 11.3 Å². The number of hydrogen-bond donors (Lipinski definition) is 2. The molecule has 2 heterocycles. The number of aromatic nitrogens is 2. The summed E-state index contributed by atoms with van der Waals surface area (Å²) in [6, 6.07) is 8.12. The summed E-state index contributed by atoms with van der Waals surface area (Å²) < 4.78 is 0. The van der Waals surface area contributed by atoms with Crippen molar-refractivity contribution in [3.63, 3.8) is 0 Å². The molecule has 0 radical (unpaired) electrons. The van der Waals surface area contributed by atoms with Crippen LogP contribution in [0.1, 0.15) is 12.2 Å². The Morgan fingerprint density at radius 2 is 2.21 bits per heavy atom. The molecule has 0 aliphatic rings. The summed E-state index contributed by atoms with van der Waals surface area (Å²) in [6.45, 7) is 0. The molecule has 0 aliphatic heterocycles. The minimum Gasteiger partial charge on any atom is -0.481 e. The Labute approximate surface area is 113 Å². The zero-order valence-electron chi connectivity index (χ0n) is 10.1. The first-order chi connectivity index (χ1) is 9.22. The highest BCUT2D eigenvalue weighted by atomic mass is 32.1. The summed E-state index contributed by atoms with van der Waals surface area (Å²) in [6.07, 6.45) is 0.523. The first-order valence-electron chi connectivity index (χ1n) is 5.95. The monoisotopic (exact) mass is 272 g/mol. The number of aromatic amines is 1. The standard InChI is InChI=1S/C14H12N2O2S/c17-14(18)4-3-13-15-11-2-1-9(7-12(11)16-13)10-5-6-19-8-10/h1-2,5-8H,3-4H2,(H,15,16)(H,17,18). The Bertz CT molecular complexity index is 716. The van der Waals surface area contributed by atoms with Gasteiger partial charge in [-0.25, -0.2) is 4.98 Å². The fourth-order valence-electron chi connectivity index (χ4n) is 2.01. The Morgan fingerprint density at radius 1 is 1.32 bits per heavy atom. The molecule has 0 aliphatic carbocycles. The molecule has 0 spiro atoms. The van der Waals surface area contributed by atoms with E-state index in [2.05, 4.69) is 27.5 Å². The van der Waals surface area contributed by atoms with Crippen molar-refractivity contribution in [1.82, 2.24) is 9.97 Å². The van der Waals surface area contributed by atoms with Crippen molar-refractivity contribution < 1.29 is 9.90 Å². The number of aliphatic carboxylic acids is 1. The lowest BCUT2D eigenvalue weighted by atomic mass is 10.1. The van der Waals surface area contributed by atoms with Crippen LogP contribution in [-0.2, 0) is 11.2 Å². The van der Waals surface area contributed by atoms with Crippen molar-refractivity contribution in [2.75, 3.05) is 0 Å². The summed E-state index contributed by atoms with van der Waals surface area (Å²) in [5.74, 6) is -0.0840. The molecule has 2 N–H and O–H groups in total. The Hall–Kier alpha value is -2.14. The van der Waals surface area contributed by atoms with Crippen molar-refractivity contribution in [3.05, 3.63) is 40.8 Å². The van der Waals surface area contributed by atoms with Gasteiger partial charge in [0.15, 0.2) is 0 Å². The number of rotatable bonds is 4. The summed E-state index contributed by atoms with van der Waals surface area (Å²) in [5, 5.41) is 12.8. The van der Waals surface area contributed by atoms with Crippen LogP contribution in [0.5, 0.6) is 0 Å². The lowest BCUT2D eigenvalue weighted by molar-refractivity contribution is -0.137. The number of benzene rings is 1. The number of H-pyrrole nitrogens is 1. The number of thiophene rings is 1. The minimum absolute atomic E-state index is 0.0945. The Balaban J connectivity index is 1.93. The smallest absolute Gasteiger partial charge is 0.303 e. The van der Waals surface area contributed by atoms with E-state index in [-0.39, 0.29) is 6.42 Å². The maximum atomic E-state index is 10.6. The maximum absolute atomic E-state index is 10.6. The molecule has 0 saturated carbocycles. The lowest BCUT2D eigenvalue weighted by Crippen LogP contribution is -1.98. The van der Waals surface area contributed by atoms with E-state index < -0.39 is 5.97 Å². The number of nitrogens with zero attached hydrogens (tertiary/aromatic N) is 1. The highest BCUT2D eigenvalue weighted by Gasteiger charge is 2.06. The third-order valence-electron chi connectivity index (χ3n) is 2.96. The molecule has 0 bridgehead atoms. The van der Waals surface area contributed by atoms with Gasteiger partial charge in [-0.05, 0) is 40.1 Å². The van der Waals surface area contributed by atoms with Gasteiger partial charge < -0.3 is 10.1 Å². The molecular weight excluding hydrogens is 260 g/mol. The van der Waals surface area contributed by atoms with Gasteiger partial charge in [0.2, 0.25) is 0 Å². The molecule has 3 rings (SSSR count). The summed E-state index contributed by atoms with van der Waals surface area (Å²) in [5.41, 5.74) is 4.15. The van der Waals surface area contributed by atoms with Crippen LogP contribution >= 0.6 is 11.3 Å². The molecule has 4 nitrogen and oxygen atoms in total. The van der Waals surface area contributed by atoms with Crippen molar-refractivity contribution >= 4 is 28.3 Å². The molecule has 1 aromatic carbocycles. The molecule has 3 aromatic rings. The molecule has 19 heavy (non-hydrogen) atoms. The van der Waals surface area contributed by atoms with E-state index in [0.717, 1.165) is 22.4 Å². The number of carboxylic acids is 1. The minimum atomic E-state index is -0.806. The third kappa shape index (κ3) is 2.51. The molecule has 96 valence electrons. The topological polar surface area (TPSA) is 66.0 Å². The van der Waals surface area contributed by atoms with Gasteiger partial charge >= 0.3 is 5.97 Å². The highest BCUT2D eigenvalue weighted by Crippen LogP contribution is 2.25.